The monoisotopic (exact) mass is 586 g/mol. The molecule has 0 fully saturated rings. The number of ether oxygens (including phenoxy) is 4. The summed E-state index contributed by atoms with van der Waals surface area (Å²) in [5.74, 6) is 0.708. The molecule has 6 nitrogen and oxygen atoms in total. The first-order valence-electron chi connectivity index (χ1n) is 13.3. The molecule has 0 aliphatic heterocycles. The molecule has 0 bridgehead atoms. The van der Waals surface area contributed by atoms with Crippen molar-refractivity contribution in [3.63, 3.8) is 0 Å². The van der Waals surface area contributed by atoms with Crippen molar-refractivity contribution in [2.24, 2.45) is 0 Å². The lowest BCUT2D eigenvalue weighted by Gasteiger charge is -2.34. The van der Waals surface area contributed by atoms with Gasteiger partial charge >= 0.3 is 11.9 Å². The molecule has 0 N–H and O–H groups in total. The van der Waals surface area contributed by atoms with Crippen molar-refractivity contribution in [2.45, 2.75) is 5.41 Å². The lowest BCUT2D eigenvalue weighted by atomic mass is 9.68. The molecule has 0 saturated carbocycles. The zero-order valence-corrected chi connectivity index (χ0v) is 24.1. The minimum atomic E-state index is -0.561. The number of hydrogen-bond acceptors (Lipinski definition) is 8. The van der Waals surface area contributed by atoms with E-state index in [2.05, 4.69) is 98.1 Å². The molecule has 4 aromatic carbocycles. The molecule has 4 aromatic rings. The van der Waals surface area contributed by atoms with Crippen molar-refractivity contribution < 1.29 is 28.5 Å². The van der Waals surface area contributed by atoms with Crippen LogP contribution >= 0.6 is 25.3 Å². The molecule has 0 aromatic heterocycles. The molecule has 1 aliphatic rings. The Kier molecular flexibility index (Phi) is 9.21. The van der Waals surface area contributed by atoms with Crippen LogP contribution in [0.4, 0.5) is 0 Å². The summed E-state index contributed by atoms with van der Waals surface area (Å²) in [5, 5.41) is 0. The highest BCUT2D eigenvalue weighted by molar-refractivity contribution is 7.81. The predicted octanol–water partition coefficient (Wildman–Crippen LogP) is 5.75. The molecule has 0 atom stereocenters. The fourth-order valence-corrected chi connectivity index (χ4v) is 5.53. The van der Waals surface area contributed by atoms with E-state index in [4.69, 9.17) is 18.9 Å². The van der Waals surface area contributed by atoms with E-state index in [-0.39, 0.29) is 49.9 Å². The quantitative estimate of drug-likeness (QED) is 0.110. The van der Waals surface area contributed by atoms with E-state index in [1.807, 2.05) is 24.3 Å². The molecule has 5 rings (SSSR count). The Labute approximate surface area is 250 Å². The van der Waals surface area contributed by atoms with Gasteiger partial charge in [0.25, 0.3) is 0 Å². The Morgan fingerprint density at radius 1 is 0.537 bits per heavy atom. The average molecular weight is 587 g/mol. The van der Waals surface area contributed by atoms with Gasteiger partial charge in [-0.3, -0.25) is 9.59 Å². The van der Waals surface area contributed by atoms with Gasteiger partial charge in [-0.05, 0) is 57.6 Å². The number of hydrogen-bond donors (Lipinski definition) is 2. The fraction of sp³-hybridized carbons (Fsp3) is 0.212. The predicted molar refractivity (Wildman–Crippen MR) is 164 cm³/mol. The Hall–Kier alpha value is -3.88. The maximum Gasteiger partial charge on any atom is 0.315 e. The number of benzene rings is 4. The minimum absolute atomic E-state index is 0.0403. The molecular weight excluding hydrogens is 556 g/mol. The third-order valence-corrected chi connectivity index (χ3v) is 7.53. The molecule has 210 valence electrons. The Morgan fingerprint density at radius 2 is 0.927 bits per heavy atom. The zero-order chi connectivity index (χ0) is 28.7. The maximum atomic E-state index is 11.3. The van der Waals surface area contributed by atoms with Gasteiger partial charge in [0, 0.05) is 0 Å². The number of esters is 2. The minimum Gasteiger partial charge on any atom is -0.490 e. The summed E-state index contributed by atoms with van der Waals surface area (Å²) in [5.41, 5.74) is 6.41. The van der Waals surface area contributed by atoms with E-state index >= 15 is 0 Å². The highest BCUT2D eigenvalue weighted by Crippen LogP contribution is 2.56. The lowest BCUT2D eigenvalue weighted by Crippen LogP contribution is -2.28. The summed E-state index contributed by atoms with van der Waals surface area (Å²) in [6.07, 6.45) is 0. The third kappa shape index (κ3) is 5.94. The number of thiol groups is 2. The largest absolute Gasteiger partial charge is 0.490 e. The number of carbonyl (C=O) groups is 2. The van der Waals surface area contributed by atoms with Gasteiger partial charge in [0.05, 0.1) is 16.9 Å². The smallest absolute Gasteiger partial charge is 0.315 e. The molecule has 0 spiro atoms. The second-order valence-electron chi connectivity index (χ2n) is 9.34. The fourth-order valence-electron chi connectivity index (χ4n) is 5.35. The molecule has 8 heteroatoms. The molecule has 0 saturated heterocycles. The second kappa shape index (κ2) is 13.2. The van der Waals surface area contributed by atoms with E-state index in [0.29, 0.717) is 11.5 Å². The van der Waals surface area contributed by atoms with Crippen LogP contribution < -0.4 is 9.47 Å². The Balaban J connectivity index is 1.47. The van der Waals surface area contributed by atoms with Crippen LogP contribution in [0.25, 0.3) is 11.1 Å². The number of carbonyl (C=O) groups excluding carboxylic acids is 2. The molecule has 0 heterocycles. The van der Waals surface area contributed by atoms with E-state index in [1.54, 1.807) is 0 Å². The van der Waals surface area contributed by atoms with Gasteiger partial charge in [-0.2, -0.15) is 25.3 Å². The van der Waals surface area contributed by atoms with Crippen molar-refractivity contribution in [2.75, 3.05) is 37.9 Å². The first kappa shape index (κ1) is 28.6. The molecule has 0 amide bonds. The van der Waals surface area contributed by atoms with Gasteiger partial charge in [0.1, 0.15) is 37.9 Å². The SMILES string of the molecule is O=C(CS)OCCOc1ccc(C2(c3ccc(OCCOC(=O)CS)cc3)c3ccccc3-c3ccccc32)cc1. The molecule has 0 unspecified atom stereocenters. The van der Waals surface area contributed by atoms with Crippen molar-refractivity contribution in [1.82, 2.24) is 0 Å². The van der Waals surface area contributed by atoms with E-state index in [1.165, 1.54) is 22.3 Å². The first-order chi connectivity index (χ1) is 20.1. The normalized spacial score (nSPS) is 12.6. The van der Waals surface area contributed by atoms with E-state index < -0.39 is 5.41 Å². The van der Waals surface area contributed by atoms with Crippen LogP contribution in [0.15, 0.2) is 97.1 Å². The topological polar surface area (TPSA) is 71.1 Å². The Morgan fingerprint density at radius 3 is 1.32 bits per heavy atom. The zero-order valence-electron chi connectivity index (χ0n) is 22.3. The number of rotatable bonds is 12. The maximum absolute atomic E-state index is 11.3. The summed E-state index contributed by atoms with van der Waals surface area (Å²) in [6.45, 7) is 0.839. The van der Waals surface area contributed by atoms with Crippen molar-refractivity contribution in [1.29, 1.82) is 0 Å². The highest BCUT2D eigenvalue weighted by atomic mass is 32.1. The summed E-state index contributed by atoms with van der Waals surface area (Å²) in [4.78, 5) is 22.7. The standard InChI is InChI=1S/C33H30O6S2/c34-31(21-40)38-19-17-36-25-13-9-23(10-14-25)33(24-11-15-26(16-12-24)37-18-20-39-32(35)22-41)29-7-3-1-5-27(29)28-6-2-4-8-30(28)33/h1-16,40-41H,17-22H2. The van der Waals surface area contributed by atoms with Crippen LogP contribution in [0.5, 0.6) is 11.5 Å². The van der Waals surface area contributed by atoms with E-state index in [0.717, 1.165) is 11.1 Å². The summed E-state index contributed by atoms with van der Waals surface area (Å²) in [7, 11) is 0. The van der Waals surface area contributed by atoms with Crippen LogP contribution in [-0.4, -0.2) is 49.9 Å². The summed E-state index contributed by atoms with van der Waals surface area (Å²) < 4.78 is 21.8. The van der Waals surface area contributed by atoms with Crippen molar-refractivity contribution >= 4 is 37.2 Å². The van der Waals surface area contributed by atoms with Crippen LogP contribution in [0.3, 0.4) is 0 Å². The van der Waals surface area contributed by atoms with Crippen molar-refractivity contribution in [3.05, 3.63) is 119 Å². The van der Waals surface area contributed by atoms with Crippen LogP contribution in [0.1, 0.15) is 22.3 Å². The van der Waals surface area contributed by atoms with Gasteiger partial charge in [0.15, 0.2) is 0 Å². The van der Waals surface area contributed by atoms with Crippen LogP contribution in [0.2, 0.25) is 0 Å². The van der Waals surface area contributed by atoms with Gasteiger partial charge in [-0.1, -0.05) is 72.8 Å². The van der Waals surface area contributed by atoms with Gasteiger partial charge < -0.3 is 18.9 Å². The molecule has 0 radical (unpaired) electrons. The van der Waals surface area contributed by atoms with Crippen molar-refractivity contribution in [3.8, 4) is 22.6 Å². The summed E-state index contributed by atoms with van der Waals surface area (Å²) in [6, 6.07) is 33.2. The molecular formula is C33H30O6S2. The van der Waals surface area contributed by atoms with E-state index in [9.17, 15) is 9.59 Å². The molecule has 1 aliphatic carbocycles. The summed E-state index contributed by atoms with van der Waals surface area (Å²) >= 11 is 7.83. The van der Waals surface area contributed by atoms with Gasteiger partial charge in [0.2, 0.25) is 0 Å². The third-order valence-electron chi connectivity index (χ3n) is 7.02. The van der Waals surface area contributed by atoms with Crippen LogP contribution in [0, 0.1) is 0 Å². The molecule has 41 heavy (non-hydrogen) atoms. The first-order valence-corrected chi connectivity index (χ1v) is 14.5. The van der Waals surface area contributed by atoms with Gasteiger partial charge in [-0.25, -0.2) is 0 Å². The average Bonchev–Trinajstić information content (AvgIpc) is 3.33. The van der Waals surface area contributed by atoms with Crippen LogP contribution in [-0.2, 0) is 24.5 Å². The number of fused-ring (bicyclic) bond motifs is 3. The van der Waals surface area contributed by atoms with Gasteiger partial charge in [-0.15, -0.1) is 0 Å². The Bertz CT molecular complexity index is 1390. The highest BCUT2D eigenvalue weighted by Gasteiger charge is 2.45. The lowest BCUT2D eigenvalue weighted by molar-refractivity contribution is -0.142. The second-order valence-corrected chi connectivity index (χ2v) is 9.98.